The second-order valence-electron chi connectivity index (χ2n) is 6.31. The molecule has 1 N–H and O–H groups in total. The van der Waals surface area contributed by atoms with Gasteiger partial charge in [-0.25, -0.2) is 4.79 Å². The maximum atomic E-state index is 13.1. The Morgan fingerprint density at radius 2 is 1.83 bits per heavy atom. The molecule has 3 amide bonds. The largest absolute Gasteiger partial charge is 0.325 e. The number of nitrogens with zero attached hydrogens (tertiary/aromatic N) is 1. The zero-order valence-electron chi connectivity index (χ0n) is 13.0. The van der Waals surface area contributed by atoms with Crippen LogP contribution in [0, 0.1) is 6.92 Å². The lowest BCUT2D eigenvalue weighted by atomic mass is 9.92. The number of amides is 3. The zero-order valence-corrected chi connectivity index (χ0v) is 13.0. The third kappa shape index (κ3) is 1.98. The number of urea groups is 1. The van der Waals surface area contributed by atoms with E-state index in [2.05, 4.69) is 5.32 Å². The summed E-state index contributed by atoms with van der Waals surface area (Å²) in [4.78, 5) is 26.9. The van der Waals surface area contributed by atoms with E-state index in [1.165, 1.54) is 4.90 Å². The van der Waals surface area contributed by atoms with Gasteiger partial charge in [0.25, 0.3) is 5.91 Å². The summed E-state index contributed by atoms with van der Waals surface area (Å²) in [5, 5.41) is 2.96. The summed E-state index contributed by atoms with van der Waals surface area (Å²) in [6.45, 7) is 2.32. The summed E-state index contributed by atoms with van der Waals surface area (Å²) in [6, 6.07) is 15.4. The Bertz CT molecular complexity index is 815. The molecule has 2 aliphatic rings. The molecular formula is C19H18N2O2. The molecular weight excluding hydrogens is 288 g/mol. The molecule has 1 heterocycles. The van der Waals surface area contributed by atoms with Crippen LogP contribution < -0.4 is 5.32 Å². The molecule has 1 aliphatic carbocycles. The number of hydrogen-bond donors (Lipinski definition) is 1. The summed E-state index contributed by atoms with van der Waals surface area (Å²) in [5.74, 6) is -0.129. The first kappa shape index (κ1) is 14.0. The van der Waals surface area contributed by atoms with Gasteiger partial charge in [0.2, 0.25) is 0 Å². The number of carbonyl (C=O) groups excluding carboxylic acids is 2. The van der Waals surface area contributed by atoms with Gasteiger partial charge in [-0.3, -0.25) is 9.69 Å². The third-order valence-corrected chi connectivity index (χ3v) is 5.01. The second kappa shape index (κ2) is 4.95. The Balaban J connectivity index is 1.69. The Morgan fingerprint density at radius 3 is 2.65 bits per heavy atom. The molecule has 0 saturated carbocycles. The predicted octanol–water partition coefficient (Wildman–Crippen LogP) is 2.89. The summed E-state index contributed by atoms with van der Waals surface area (Å²) in [5.41, 5.74) is 3.32. The monoisotopic (exact) mass is 306 g/mol. The van der Waals surface area contributed by atoms with Crippen molar-refractivity contribution >= 4 is 11.9 Å². The van der Waals surface area contributed by atoms with Crippen molar-refractivity contribution in [3.05, 3.63) is 70.8 Å². The van der Waals surface area contributed by atoms with E-state index in [1.54, 1.807) is 0 Å². The number of carbonyl (C=O) groups is 2. The maximum Gasteiger partial charge on any atom is 0.325 e. The molecule has 4 rings (SSSR count). The average molecular weight is 306 g/mol. The van der Waals surface area contributed by atoms with Gasteiger partial charge < -0.3 is 5.32 Å². The smallest absolute Gasteiger partial charge is 0.319 e. The van der Waals surface area contributed by atoms with Crippen LogP contribution in [0.5, 0.6) is 0 Å². The fraction of sp³-hybridized carbons (Fsp3) is 0.263. The van der Waals surface area contributed by atoms with Crippen molar-refractivity contribution in [1.29, 1.82) is 0 Å². The topological polar surface area (TPSA) is 49.4 Å². The van der Waals surface area contributed by atoms with E-state index >= 15 is 0 Å². The average Bonchev–Trinajstić information content (AvgIpc) is 3.04. The molecule has 1 fully saturated rings. The van der Waals surface area contributed by atoms with Crippen LogP contribution in [0.15, 0.2) is 48.5 Å². The van der Waals surface area contributed by atoms with Gasteiger partial charge in [0, 0.05) is 0 Å². The first-order chi connectivity index (χ1) is 11.1. The Morgan fingerprint density at radius 1 is 1.09 bits per heavy atom. The van der Waals surface area contributed by atoms with E-state index < -0.39 is 5.54 Å². The lowest BCUT2D eigenvalue weighted by Crippen LogP contribution is -2.41. The van der Waals surface area contributed by atoms with Crippen LogP contribution in [0.3, 0.4) is 0 Å². The molecule has 4 heteroatoms. The van der Waals surface area contributed by atoms with Gasteiger partial charge >= 0.3 is 6.03 Å². The molecule has 2 aromatic carbocycles. The van der Waals surface area contributed by atoms with Crippen LogP contribution in [-0.2, 0) is 23.3 Å². The van der Waals surface area contributed by atoms with Crippen molar-refractivity contribution in [3.8, 4) is 0 Å². The summed E-state index contributed by atoms with van der Waals surface area (Å²) in [7, 11) is 0. The molecule has 1 atom stereocenters. The highest BCUT2D eigenvalue weighted by Gasteiger charge is 2.55. The van der Waals surface area contributed by atoms with Gasteiger partial charge in [-0.15, -0.1) is 0 Å². The van der Waals surface area contributed by atoms with Gasteiger partial charge in [0.1, 0.15) is 5.54 Å². The lowest BCUT2D eigenvalue weighted by Gasteiger charge is -2.22. The molecule has 1 aliphatic heterocycles. The van der Waals surface area contributed by atoms with Gasteiger partial charge in [-0.05, 0) is 42.0 Å². The number of nitrogens with one attached hydrogen (secondary N) is 1. The van der Waals surface area contributed by atoms with Crippen LogP contribution in [0.1, 0.15) is 28.7 Å². The van der Waals surface area contributed by atoms with E-state index in [9.17, 15) is 9.59 Å². The second-order valence-corrected chi connectivity index (χ2v) is 6.31. The highest BCUT2D eigenvalue weighted by atomic mass is 16.2. The number of fused-ring (bicyclic) bond motifs is 2. The first-order valence-electron chi connectivity index (χ1n) is 7.89. The number of aryl methyl sites for hydroxylation is 2. The quantitative estimate of drug-likeness (QED) is 0.867. The predicted molar refractivity (Wildman–Crippen MR) is 86.7 cm³/mol. The molecule has 1 unspecified atom stereocenters. The van der Waals surface area contributed by atoms with Crippen molar-refractivity contribution in [2.45, 2.75) is 31.8 Å². The minimum Gasteiger partial charge on any atom is -0.319 e. The van der Waals surface area contributed by atoms with Crippen LogP contribution in [-0.4, -0.2) is 16.8 Å². The van der Waals surface area contributed by atoms with E-state index in [0.29, 0.717) is 13.0 Å². The summed E-state index contributed by atoms with van der Waals surface area (Å²) >= 11 is 0. The van der Waals surface area contributed by atoms with Crippen LogP contribution in [0.2, 0.25) is 0 Å². The van der Waals surface area contributed by atoms with Crippen molar-refractivity contribution in [1.82, 2.24) is 10.2 Å². The van der Waals surface area contributed by atoms with Crippen LogP contribution in [0.25, 0.3) is 0 Å². The Labute approximate surface area is 135 Å². The van der Waals surface area contributed by atoms with Crippen LogP contribution in [0.4, 0.5) is 4.79 Å². The Hall–Kier alpha value is -2.62. The number of hydrogen-bond acceptors (Lipinski definition) is 2. The van der Waals surface area contributed by atoms with Gasteiger partial charge in [-0.1, -0.05) is 48.5 Å². The Kier molecular flexibility index (Phi) is 3.01. The van der Waals surface area contributed by atoms with Gasteiger partial charge in [0.05, 0.1) is 6.54 Å². The van der Waals surface area contributed by atoms with E-state index in [1.807, 2.05) is 55.5 Å². The van der Waals surface area contributed by atoms with E-state index in [-0.39, 0.29) is 11.9 Å². The van der Waals surface area contributed by atoms with Crippen molar-refractivity contribution in [2.24, 2.45) is 0 Å². The molecule has 1 spiro atoms. The number of rotatable bonds is 2. The lowest BCUT2D eigenvalue weighted by molar-refractivity contribution is -0.132. The molecule has 23 heavy (non-hydrogen) atoms. The van der Waals surface area contributed by atoms with E-state index in [0.717, 1.165) is 28.7 Å². The zero-order chi connectivity index (χ0) is 16.0. The van der Waals surface area contributed by atoms with E-state index in [4.69, 9.17) is 0 Å². The third-order valence-electron chi connectivity index (χ3n) is 5.01. The van der Waals surface area contributed by atoms with Crippen LogP contribution >= 0.6 is 0 Å². The fourth-order valence-corrected chi connectivity index (χ4v) is 3.69. The minimum absolute atomic E-state index is 0.129. The molecule has 4 nitrogen and oxygen atoms in total. The van der Waals surface area contributed by atoms with Gasteiger partial charge in [-0.2, -0.15) is 0 Å². The molecule has 2 aromatic rings. The summed E-state index contributed by atoms with van der Waals surface area (Å²) < 4.78 is 0. The molecule has 1 saturated heterocycles. The normalized spacial score (nSPS) is 22.6. The van der Waals surface area contributed by atoms with Gasteiger partial charge in [0.15, 0.2) is 0 Å². The molecule has 0 bridgehead atoms. The SMILES string of the molecule is Cc1ccccc1CN1C(=O)NC2(CCc3ccccc32)C1=O. The summed E-state index contributed by atoms with van der Waals surface area (Å²) in [6.07, 6.45) is 1.46. The highest BCUT2D eigenvalue weighted by Crippen LogP contribution is 2.41. The molecule has 0 radical (unpaired) electrons. The first-order valence-corrected chi connectivity index (χ1v) is 7.89. The minimum atomic E-state index is -0.865. The standard InChI is InChI=1S/C19H18N2O2/c1-13-6-2-3-8-15(13)12-21-17(22)19(20-18(21)23)11-10-14-7-4-5-9-16(14)19/h2-9H,10-12H2,1H3,(H,20,23). The maximum absolute atomic E-state index is 13.1. The van der Waals surface area contributed by atoms with Crippen molar-refractivity contribution in [2.75, 3.05) is 0 Å². The molecule has 0 aromatic heterocycles. The van der Waals surface area contributed by atoms with Crippen molar-refractivity contribution in [3.63, 3.8) is 0 Å². The molecule has 116 valence electrons. The van der Waals surface area contributed by atoms with Crippen molar-refractivity contribution < 1.29 is 9.59 Å². The highest BCUT2D eigenvalue weighted by molar-refractivity contribution is 6.08. The number of imide groups is 1. The number of benzene rings is 2. The fourth-order valence-electron chi connectivity index (χ4n) is 3.69.